The van der Waals surface area contributed by atoms with Crippen LogP contribution in [0.3, 0.4) is 0 Å². The van der Waals surface area contributed by atoms with Gasteiger partial charge in [0.25, 0.3) is 0 Å². The van der Waals surface area contributed by atoms with E-state index in [4.69, 9.17) is 4.99 Å². The zero-order valence-corrected chi connectivity index (χ0v) is 12.8. The predicted octanol–water partition coefficient (Wildman–Crippen LogP) is 3.12. The Kier molecular flexibility index (Phi) is 3.68. The SMILES string of the molecule is Cc1ccc(C(C)NC2=NCC3CCC(C)CN23)cc1. The molecule has 0 aliphatic carbocycles. The summed E-state index contributed by atoms with van der Waals surface area (Å²) in [5.74, 6) is 1.89. The highest BCUT2D eigenvalue weighted by molar-refractivity contribution is 5.82. The molecule has 0 amide bonds. The van der Waals surface area contributed by atoms with Crippen LogP contribution >= 0.6 is 0 Å². The molecule has 1 fully saturated rings. The maximum absolute atomic E-state index is 4.73. The van der Waals surface area contributed by atoms with E-state index in [0.717, 1.165) is 25.0 Å². The van der Waals surface area contributed by atoms with Crippen molar-refractivity contribution in [3.05, 3.63) is 35.4 Å². The Labute approximate surface area is 122 Å². The molecule has 3 unspecified atom stereocenters. The van der Waals surface area contributed by atoms with Gasteiger partial charge in [-0.2, -0.15) is 0 Å². The molecular weight excluding hydrogens is 246 g/mol. The number of benzene rings is 1. The van der Waals surface area contributed by atoms with Crippen LogP contribution in [0.4, 0.5) is 0 Å². The van der Waals surface area contributed by atoms with E-state index < -0.39 is 0 Å². The smallest absolute Gasteiger partial charge is 0.194 e. The number of aliphatic imine (C=N–C) groups is 1. The Hall–Kier alpha value is -1.51. The highest BCUT2D eigenvalue weighted by atomic mass is 15.4. The molecule has 0 saturated carbocycles. The highest BCUT2D eigenvalue weighted by Crippen LogP contribution is 2.26. The van der Waals surface area contributed by atoms with Crippen LogP contribution in [-0.4, -0.2) is 30.0 Å². The Bertz CT molecular complexity index is 491. The Morgan fingerprint density at radius 2 is 2.00 bits per heavy atom. The molecule has 3 heteroatoms. The number of nitrogens with one attached hydrogen (secondary N) is 1. The number of hydrogen-bond acceptors (Lipinski definition) is 3. The van der Waals surface area contributed by atoms with Gasteiger partial charge < -0.3 is 10.2 Å². The Morgan fingerprint density at radius 3 is 2.75 bits per heavy atom. The third kappa shape index (κ3) is 2.67. The molecule has 2 heterocycles. The molecule has 3 atom stereocenters. The fourth-order valence-corrected chi connectivity index (χ4v) is 3.20. The maximum atomic E-state index is 4.73. The van der Waals surface area contributed by atoms with Crippen molar-refractivity contribution in [2.75, 3.05) is 13.1 Å². The quantitative estimate of drug-likeness (QED) is 0.895. The van der Waals surface area contributed by atoms with Crippen LogP contribution in [0, 0.1) is 12.8 Å². The van der Waals surface area contributed by atoms with Gasteiger partial charge >= 0.3 is 0 Å². The normalized spacial score (nSPS) is 26.9. The van der Waals surface area contributed by atoms with Gasteiger partial charge in [0.1, 0.15) is 0 Å². The summed E-state index contributed by atoms with van der Waals surface area (Å²) in [5.41, 5.74) is 2.64. The maximum Gasteiger partial charge on any atom is 0.194 e. The van der Waals surface area contributed by atoms with Gasteiger partial charge in [0, 0.05) is 6.54 Å². The van der Waals surface area contributed by atoms with Crippen molar-refractivity contribution < 1.29 is 0 Å². The molecule has 1 saturated heterocycles. The zero-order chi connectivity index (χ0) is 14.1. The molecule has 0 bridgehead atoms. The van der Waals surface area contributed by atoms with Crippen molar-refractivity contribution in [1.29, 1.82) is 0 Å². The van der Waals surface area contributed by atoms with Crippen molar-refractivity contribution in [2.24, 2.45) is 10.9 Å². The van der Waals surface area contributed by atoms with E-state index in [1.54, 1.807) is 0 Å². The number of hydrogen-bond donors (Lipinski definition) is 1. The average Bonchev–Trinajstić information content (AvgIpc) is 2.82. The molecular formula is C17H25N3. The average molecular weight is 271 g/mol. The van der Waals surface area contributed by atoms with Gasteiger partial charge in [-0.1, -0.05) is 36.8 Å². The fraction of sp³-hybridized carbons (Fsp3) is 0.588. The van der Waals surface area contributed by atoms with Crippen molar-refractivity contribution in [3.63, 3.8) is 0 Å². The fourth-order valence-electron chi connectivity index (χ4n) is 3.20. The highest BCUT2D eigenvalue weighted by Gasteiger charge is 2.33. The summed E-state index contributed by atoms with van der Waals surface area (Å²) in [5, 5.41) is 3.61. The molecule has 20 heavy (non-hydrogen) atoms. The lowest BCUT2D eigenvalue weighted by Crippen LogP contribution is -2.48. The summed E-state index contributed by atoms with van der Waals surface area (Å²) in [4.78, 5) is 7.21. The van der Waals surface area contributed by atoms with Gasteiger partial charge in [-0.3, -0.25) is 4.99 Å². The first-order chi connectivity index (χ1) is 9.63. The minimum absolute atomic E-state index is 0.310. The second-order valence-electron chi connectivity index (χ2n) is 6.43. The van der Waals surface area contributed by atoms with Crippen LogP contribution in [0.1, 0.15) is 43.9 Å². The largest absolute Gasteiger partial charge is 0.350 e. The van der Waals surface area contributed by atoms with Crippen LogP contribution in [0.15, 0.2) is 29.3 Å². The molecule has 0 radical (unpaired) electrons. The molecule has 1 aromatic rings. The van der Waals surface area contributed by atoms with Gasteiger partial charge in [-0.05, 0) is 38.2 Å². The number of piperidine rings is 1. The minimum Gasteiger partial charge on any atom is -0.350 e. The van der Waals surface area contributed by atoms with Crippen LogP contribution in [0.2, 0.25) is 0 Å². The third-order valence-corrected chi connectivity index (χ3v) is 4.59. The molecule has 3 rings (SSSR count). The van der Waals surface area contributed by atoms with Crippen LogP contribution < -0.4 is 5.32 Å². The first-order valence-electron chi connectivity index (χ1n) is 7.77. The molecule has 2 aliphatic rings. The standard InChI is InChI=1S/C17H25N3/c1-12-4-7-15(8-5-12)14(3)19-17-18-10-16-9-6-13(2)11-20(16)17/h4-5,7-8,13-14,16H,6,9-11H2,1-3H3,(H,18,19). The third-order valence-electron chi connectivity index (χ3n) is 4.59. The van der Waals surface area contributed by atoms with Crippen LogP contribution in [0.25, 0.3) is 0 Å². The zero-order valence-electron chi connectivity index (χ0n) is 12.8. The molecule has 0 aromatic heterocycles. The molecule has 2 aliphatic heterocycles. The van der Waals surface area contributed by atoms with Gasteiger partial charge in [-0.15, -0.1) is 0 Å². The van der Waals surface area contributed by atoms with E-state index >= 15 is 0 Å². The van der Waals surface area contributed by atoms with Crippen molar-refractivity contribution in [1.82, 2.24) is 10.2 Å². The van der Waals surface area contributed by atoms with E-state index in [1.807, 2.05) is 0 Å². The first kappa shape index (κ1) is 13.5. The van der Waals surface area contributed by atoms with Gasteiger partial charge in [0.2, 0.25) is 0 Å². The van der Waals surface area contributed by atoms with Gasteiger partial charge in [0.15, 0.2) is 5.96 Å². The molecule has 1 aromatic carbocycles. The Morgan fingerprint density at radius 1 is 1.25 bits per heavy atom. The Balaban J connectivity index is 1.67. The summed E-state index contributed by atoms with van der Waals surface area (Å²) in [6, 6.07) is 9.72. The summed E-state index contributed by atoms with van der Waals surface area (Å²) in [6.45, 7) is 8.80. The summed E-state index contributed by atoms with van der Waals surface area (Å²) >= 11 is 0. The lowest BCUT2D eigenvalue weighted by molar-refractivity contribution is 0.210. The van der Waals surface area contributed by atoms with E-state index in [-0.39, 0.29) is 0 Å². The second kappa shape index (κ2) is 5.47. The summed E-state index contributed by atoms with van der Waals surface area (Å²) < 4.78 is 0. The predicted molar refractivity (Wildman–Crippen MR) is 83.9 cm³/mol. The van der Waals surface area contributed by atoms with Crippen LogP contribution in [-0.2, 0) is 0 Å². The summed E-state index contributed by atoms with van der Waals surface area (Å²) in [6.07, 6.45) is 2.63. The molecule has 1 N–H and O–H groups in total. The van der Waals surface area contributed by atoms with E-state index in [1.165, 1.54) is 24.0 Å². The molecule has 0 spiro atoms. The number of aryl methyl sites for hydroxylation is 1. The van der Waals surface area contributed by atoms with E-state index in [2.05, 4.69) is 55.3 Å². The summed E-state index contributed by atoms with van der Waals surface area (Å²) in [7, 11) is 0. The van der Waals surface area contributed by atoms with E-state index in [0.29, 0.717) is 12.1 Å². The monoisotopic (exact) mass is 271 g/mol. The van der Waals surface area contributed by atoms with Crippen molar-refractivity contribution in [3.8, 4) is 0 Å². The van der Waals surface area contributed by atoms with Gasteiger partial charge in [-0.25, -0.2) is 0 Å². The number of nitrogens with zero attached hydrogens (tertiary/aromatic N) is 2. The molecule has 3 nitrogen and oxygen atoms in total. The van der Waals surface area contributed by atoms with Crippen molar-refractivity contribution in [2.45, 2.75) is 45.7 Å². The second-order valence-corrected chi connectivity index (χ2v) is 6.43. The topological polar surface area (TPSA) is 27.6 Å². The number of rotatable bonds is 2. The van der Waals surface area contributed by atoms with E-state index in [9.17, 15) is 0 Å². The molecule has 108 valence electrons. The lowest BCUT2D eigenvalue weighted by atomic mass is 9.95. The van der Waals surface area contributed by atoms with Crippen LogP contribution in [0.5, 0.6) is 0 Å². The first-order valence-corrected chi connectivity index (χ1v) is 7.77. The van der Waals surface area contributed by atoms with Gasteiger partial charge in [0.05, 0.1) is 18.6 Å². The minimum atomic E-state index is 0.310. The number of fused-ring (bicyclic) bond motifs is 1. The number of guanidine groups is 1. The van der Waals surface area contributed by atoms with Crippen molar-refractivity contribution >= 4 is 5.96 Å². The lowest BCUT2D eigenvalue weighted by Gasteiger charge is -2.36.